The van der Waals surface area contributed by atoms with E-state index in [1.165, 1.54) is 185 Å². The van der Waals surface area contributed by atoms with Crippen LogP contribution in [0.15, 0.2) is 255 Å². The van der Waals surface area contributed by atoms with Crippen LogP contribution in [0.25, 0.3) is 140 Å². The highest BCUT2D eigenvalue weighted by Crippen LogP contribution is 2.54. The molecule has 1 heteroatoms. The van der Waals surface area contributed by atoms with Crippen LogP contribution in [0.3, 0.4) is 0 Å². The Balaban J connectivity index is 0.743. The zero-order valence-corrected chi connectivity index (χ0v) is 47.8. The van der Waals surface area contributed by atoms with Gasteiger partial charge in [-0.25, -0.2) is 0 Å². The van der Waals surface area contributed by atoms with Gasteiger partial charge in [0.25, 0.3) is 0 Å². The van der Waals surface area contributed by atoms with Crippen molar-refractivity contribution in [2.24, 2.45) is 5.92 Å². The maximum absolute atomic E-state index is 2.59. The van der Waals surface area contributed by atoms with Gasteiger partial charge in [0.05, 0.1) is 11.4 Å². The first-order valence-electron chi connectivity index (χ1n) is 30.5. The number of nitrogens with zero attached hydrogens (tertiary/aromatic N) is 1. The smallest absolute Gasteiger partial charge is 0.0540 e. The largest absolute Gasteiger partial charge is 0.309 e. The Morgan fingerprint density at radius 2 is 0.682 bits per heavy atom. The van der Waals surface area contributed by atoms with Gasteiger partial charge in [-0.05, 0) is 206 Å². The van der Waals surface area contributed by atoms with Gasteiger partial charge in [0, 0.05) is 21.9 Å². The number of fused-ring (bicyclic) bond motifs is 3. The molecule has 0 bridgehead atoms. The average Bonchev–Trinajstić information content (AvgIpc) is 2.45. The van der Waals surface area contributed by atoms with Crippen LogP contribution in [0, 0.1) is 5.92 Å². The molecule has 0 aromatic heterocycles. The maximum Gasteiger partial charge on any atom is 0.0540 e. The SMILES string of the molecule is CC(Cc1ccc2c(c1)C(C)(C)c1cc(N(c3ccc4ccc5cccc6ccc3c4c56)c3ccc4ccc5cccc6ccc3c4c56)ccc1-2)C(Cc1ccc2ccc3cccc4ccc1c2c34)c1ccc2ccc3cccc4ccc1c2c34. The zero-order valence-electron chi connectivity index (χ0n) is 47.8. The van der Waals surface area contributed by atoms with Crippen LogP contribution in [0.1, 0.15) is 54.5 Å². The summed E-state index contributed by atoms with van der Waals surface area (Å²) in [7, 11) is 0. The average molecular weight is 1080 g/mol. The highest BCUT2D eigenvalue weighted by molar-refractivity contribution is 6.29. The van der Waals surface area contributed by atoms with Gasteiger partial charge < -0.3 is 4.90 Å². The molecule has 0 radical (unpaired) electrons. The Morgan fingerprint density at radius 1 is 0.318 bits per heavy atom. The van der Waals surface area contributed by atoms with Crippen molar-refractivity contribution in [2.75, 3.05) is 4.90 Å². The summed E-state index contributed by atoms with van der Waals surface area (Å²) in [6.07, 6.45) is 1.90. The number of hydrogen-bond donors (Lipinski definition) is 0. The number of anilines is 3. The molecule has 18 aromatic carbocycles. The molecule has 1 aliphatic rings. The standard InChI is InChI=1S/C84H57N/c1-48(71(65-37-28-59-22-18-51-9-5-13-55-29-38-68(65)81(59)77(51)55)46-62-26-25-58-21-17-50-8-4-12-54-27-36-64(62)80(58)76(50)54)44-49-16-35-66-67-41-34-63(47-73(67)84(2,3)72(66)45-49)85(74-42-32-60-23-19-52-10-6-14-56-30-39-69(74)82(60)78(52)56)75-43-33-61-24-20-53-11-7-15-57-31-40-70(75)83(61)79(53)57/h4-43,45,47-48,71H,44,46H2,1-3H3. The van der Waals surface area contributed by atoms with Crippen LogP contribution in [-0.2, 0) is 18.3 Å². The summed E-state index contributed by atoms with van der Waals surface area (Å²) in [5, 5.41) is 31.7. The van der Waals surface area contributed by atoms with E-state index < -0.39 is 0 Å². The Morgan fingerprint density at radius 3 is 1.18 bits per heavy atom. The van der Waals surface area contributed by atoms with Crippen molar-refractivity contribution >= 4 is 146 Å². The van der Waals surface area contributed by atoms with Gasteiger partial charge >= 0.3 is 0 Å². The molecule has 0 heterocycles. The van der Waals surface area contributed by atoms with Gasteiger partial charge in [-0.3, -0.25) is 0 Å². The summed E-state index contributed by atoms with van der Waals surface area (Å²) in [6, 6.07) is 98.4. The van der Waals surface area contributed by atoms with E-state index in [0.717, 1.165) is 12.8 Å². The summed E-state index contributed by atoms with van der Waals surface area (Å²) < 4.78 is 0. The van der Waals surface area contributed by atoms with Gasteiger partial charge in [-0.15, -0.1) is 0 Å². The van der Waals surface area contributed by atoms with E-state index >= 15 is 0 Å². The third kappa shape index (κ3) is 6.64. The monoisotopic (exact) mass is 1080 g/mol. The highest BCUT2D eigenvalue weighted by Gasteiger charge is 2.37. The molecule has 2 atom stereocenters. The molecule has 18 aromatic rings. The van der Waals surface area contributed by atoms with Crippen molar-refractivity contribution in [3.8, 4) is 11.1 Å². The maximum atomic E-state index is 2.59. The van der Waals surface area contributed by atoms with Crippen molar-refractivity contribution in [3.05, 3.63) is 283 Å². The van der Waals surface area contributed by atoms with E-state index in [1.54, 1.807) is 0 Å². The molecule has 0 saturated carbocycles. The Labute approximate surface area is 492 Å². The minimum Gasteiger partial charge on any atom is -0.309 e. The minimum atomic E-state index is -0.260. The Hall–Kier alpha value is -10.1. The first kappa shape index (κ1) is 47.4. The number of rotatable bonds is 9. The van der Waals surface area contributed by atoms with Gasteiger partial charge in [0.2, 0.25) is 0 Å². The van der Waals surface area contributed by atoms with Crippen molar-refractivity contribution in [1.82, 2.24) is 0 Å². The lowest BCUT2D eigenvalue weighted by atomic mass is 9.75. The molecular formula is C84H57N. The minimum absolute atomic E-state index is 0.245. The van der Waals surface area contributed by atoms with Gasteiger partial charge in [-0.2, -0.15) is 0 Å². The number of benzene rings is 18. The summed E-state index contributed by atoms with van der Waals surface area (Å²) in [6.45, 7) is 7.46. The van der Waals surface area contributed by atoms with Crippen molar-refractivity contribution in [1.29, 1.82) is 0 Å². The van der Waals surface area contributed by atoms with Crippen molar-refractivity contribution in [2.45, 2.75) is 44.9 Å². The molecule has 1 aliphatic carbocycles. The summed E-state index contributed by atoms with van der Waals surface area (Å²) in [4.78, 5) is 2.59. The third-order valence-corrected chi connectivity index (χ3v) is 20.7. The van der Waals surface area contributed by atoms with Crippen LogP contribution in [0.4, 0.5) is 17.1 Å². The molecule has 0 N–H and O–H groups in total. The normalized spacial score (nSPS) is 14.2. The summed E-state index contributed by atoms with van der Waals surface area (Å²) in [5.74, 6) is 0.562. The fourth-order valence-corrected chi connectivity index (χ4v) is 16.7. The number of hydrogen-bond acceptors (Lipinski definition) is 1. The van der Waals surface area contributed by atoms with Crippen LogP contribution in [0.2, 0.25) is 0 Å². The molecule has 0 amide bonds. The zero-order chi connectivity index (χ0) is 56.0. The van der Waals surface area contributed by atoms with Crippen LogP contribution in [-0.4, -0.2) is 0 Å². The first-order chi connectivity index (χ1) is 41.8. The lowest BCUT2D eigenvalue weighted by Crippen LogP contribution is -2.18. The van der Waals surface area contributed by atoms with Crippen molar-refractivity contribution in [3.63, 3.8) is 0 Å². The Bertz CT molecular complexity index is 5590. The van der Waals surface area contributed by atoms with E-state index in [9.17, 15) is 0 Å². The molecule has 0 spiro atoms. The fraction of sp³-hybridized carbons (Fsp3) is 0.0952. The lowest BCUT2D eigenvalue weighted by Gasteiger charge is -2.31. The molecule has 0 aliphatic heterocycles. The van der Waals surface area contributed by atoms with Crippen LogP contribution in [0.5, 0.6) is 0 Å². The second kappa shape index (κ2) is 17.3. The van der Waals surface area contributed by atoms with E-state index in [0.29, 0.717) is 5.92 Å². The Kier molecular flexibility index (Phi) is 9.63. The van der Waals surface area contributed by atoms with Gasteiger partial charge in [-0.1, -0.05) is 251 Å². The van der Waals surface area contributed by atoms with Gasteiger partial charge in [0.1, 0.15) is 0 Å². The molecule has 1 nitrogen and oxygen atoms in total. The lowest BCUT2D eigenvalue weighted by molar-refractivity contribution is 0.456. The topological polar surface area (TPSA) is 3.24 Å². The molecule has 0 saturated heterocycles. The molecule has 398 valence electrons. The van der Waals surface area contributed by atoms with Crippen molar-refractivity contribution < 1.29 is 0 Å². The van der Waals surface area contributed by atoms with Crippen LogP contribution < -0.4 is 4.90 Å². The van der Waals surface area contributed by atoms with Crippen LogP contribution >= 0.6 is 0 Å². The van der Waals surface area contributed by atoms with E-state index in [-0.39, 0.29) is 11.3 Å². The molecule has 0 fully saturated rings. The van der Waals surface area contributed by atoms with Gasteiger partial charge in [0.15, 0.2) is 0 Å². The van der Waals surface area contributed by atoms with E-state index in [4.69, 9.17) is 0 Å². The molecule has 85 heavy (non-hydrogen) atoms. The molecular weight excluding hydrogens is 1020 g/mol. The fourth-order valence-electron chi connectivity index (χ4n) is 16.7. The third-order valence-electron chi connectivity index (χ3n) is 20.7. The predicted molar refractivity (Wildman–Crippen MR) is 366 cm³/mol. The quantitative estimate of drug-likeness (QED) is 0.130. The first-order valence-corrected chi connectivity index (χ1v) is 30.5. The summed E-state index contributed by atoms with van der Waals surface area (Å²) >= 11 is 0. The second-order valence-electron chi connectivity index (χ2n) is 25.5. The van der Waals surface area contributed by atoms with E-state index in [1.807, 2.05) is 0 Å². The highest BCUT2D eigenvalue weighted by atomic mass is 15.1. The predicted octanol–water partition coefficient (Wildman–Crippen LogP) is 23.3. The summed E-state index contributed by atoms with van der Waals surface area (Å²) in [5.41, 5.74) is 13.0. The molecule has 2 unspecified atom stereocenters. The molecule has 19 rings (SSSR count). The van der Waals surface area contributed by atoms with E-state index in [2.05, 4.69) is 280 Å². The second-order valence-corrected chi connectivity index (χ2v) is 25.5.